The number of hydrogen-bond donors (Lipinski definition) is 2. The molecule has 0 saturated heterocycles. The standard InChI is InChI=1S/C11H13Cl2N3O2/c12-4-6-14-10(17)8-2-1-3-9(16-8)11(18)15-7-5-13/h1-3H,4-7H2,(H,14,17)(H,15,18). The fourth-order valence-electron chi connectivity index (χ4n) is 1.19. The minimum absolute atomic E-state index is 0.179. The molecule has 0 aliphatic rings. The fraction of sp³-hybridized carbons (Fsp3) is 0.364. The highest BCUT2D eigenvalue weighted by Gasteiger charge is 2.11. The van der Waals surface area contributed by atoms with Crippen LogP contribution >= 0.6 is 23.2 Å². The fourth-order valence-corrected chi connectivity index (χ4v) is 1.38. The zero-order chi connectivity index (χ0) is 13.4. The van der Waals surface area contributed by atoms with Crippen LogP contribution in [0, 0.1) is 0 Å². The highest BCUT2D eigenvalue weighted by atomic mass is 35.5. The zero-order valence-corrected chi connectivity index (χ0v) is 11.1. The maximum Gasteiger partial charge on any atom is 0.269 e. The van der Waals surface area contributed by atoms with Gasteiger partial charge in [0.2, 0.25) is 0 Å². The number of rotatable bonds is 6. The van der Waals surface area contributed by atoms with E-state index in [-0.39, 0.29) is 23.2 Å². The van der Waals surface area contributed by atoms with Gasteiger partial charge < -0.3 is 10.6 Å². The molecular weight excluding hydrogens is 277 g/mol. The zero-order valence-electron chi connectivity index (χ0n) is 9.58. The minimum atomic E-state index is -0.359. The highest BCUT2D eigenvalue weighted by Crippen LogP contribution is 2.00. The summed E-state index contributed by atoms with van der Waals surface area (Å²) in [6, 6.07) is 4.65. The molecule has 98 valence electrons. The second-order valence-electron chi connectivity index (χ2n) is 3.30. The Morgan fingerprint density at radius 1 is 1.00 bits per heavy atom. The lowest BCUT2D eigenvalue weighted by Gasteiger charge is -2.05. The molecule has 18 heavy (non-hydrogen) atoms. The van der Waals surface area contributed by atoms with Crippen LogP contribution in [0.25, 0.3) is 0 Å². The third kappa shape index (κ3) is 4.50. The van der Waals surface area contributed by atoms with Crippen LogP contribution in [-0.4, -0.2) is 41.6 Å². The number of hydrogen-bond acceptors (Lipinski definition) is 3. The predicted molar refractivity (Wildman–Crippen MR) is 70.3 cm³/mol. The molecule has 0 fully saturated rings. The van der Waals surface area contributed by atoms with Gasteiger partial charge in [-0.1, -0.05) is 6.07 Å². The Morgan fingerprint density at radius 2 is 1.44 bits per heavy atom. The molecule has 0 saturated carbocycles. The quantitative estimate of drug-likeness (QED) is 0.768. The summed E-state index contributed by atoms with van der Waals surface area (Å²) in [4.78, 5) is 27.2. The van der Waals surface area contributed by atoms with Crippen molar-refractivity contribution in [2.75, 3.05) is 24.8 Å². The van der Waals surface area contributed by atoms with Crippen LogP contribution in [0.4, 0.5) is 0 Å². The molecule has 0 unspecified atom stereocenters. The first-order valence-electron chi connectivity index (χ1n) is 5.34. The number of carbonyl (C=O) groups is 2. The summed E-state index contributed by atoms with van der Waals surface area (Å²) < 4.78 is 0. The smallest absolute Gasteiger partial charge is 0.269 e. The summed E-state index contributed by atoms with van der Waals surface area (Å²) >= 11 is 10.9. The Morgan fingerprint density at radius 3 is 1.83 bits per heavy atom. The first-order valence-corrected chi connectivity index (χ1v) is 6.41. The molecule has 1 aromatic rings. The van der Waals surface area contributed by atoms with Crippen LogP contribution in [-0.2, 0) is 0 Å². The maximum absolute atomic E-state index is 11.6. The Balaban J connectivity index is 2.72. The van der Waals surface area contributed by atoms with Gasteiger partial charge >= 0.3 is 0 Å². The number of carbonyl (C=O) groups excluding carboxylic acids is 2. The molecule has 7 heteroatoms. The molecule has 0 aliphatic carbocycles. The maximum atomic E-state index is 11.6. The van der Waals surface area contributed by atoms with Gasteiger partial charge in [0.1, 0.15) is 11.4 Å². The van der Waals surface area contributed by atoms with Crippen LogP contribution in [0.1, 0.15) is 21.0 Å². The van der Waals surface area contributed by atoms with Crippen LogP contribution in [0.2, 0.25) is 0 Å². The monoisotopic (exact) mass is 289 g/mol. The third-order valence-electron chi connectivity index (χ3n) is 1.97. The summed E-state index contributed by atoms with van der Waals surface area (Å²) in [5.41, 5.74) is 0.359. The summed E-state index contributed by atoms with van der Waals surface area (Å²) in [6.45, 7) is 0.704. The van der Waals surface area contributed by atoms with Crippen LogP contribution in [0.5, 0.6) is 0 Å². The van der Waals surface area contributed by atoms with E-state index in [9.17, 15) is 9.59 Å². The Hall–Kier alpha value is -1.33. The molecule has 0 aromatic carbocycles. The highest BCUT2D eigenvalue weighted by molar-refractivity contribution is 6.18. The van der Waals surface area contributed by atoms with Gasteiger partial charge in [-0.2, -0.15) is 0 Å². The lowest BCUT2D eigenvalue weighted by molar-refractivity contribution is 0.0947. The molecule has 1 aromatic heterocycles. The third-order valence-corrected chi connectivity index (χ3v) is 2.35. The molecule has 0 aliphatic heterocycles. The van der Waals surface area contributed by atoms with Crippen molar-refractivity contribution in [2.45, 2.75) is 0 Å². The molecule has 0 radical (unpaired) electrons. The Kier molecular flexibility index (Phi) is 6.46. The topological polar surface area (TPSA) is 71.1 Å². The van der Waals surface area contributed by atoms with Crippen molar-refractivity contribution in [3.8, 4) is 0 Å². The minimum Gasteiger partial charge on any atom is -0.350 e. The number of alkyl halides is 2. The summed E-state index contributed by atoms with van der Waals surface area (Å²) in [7, 11) is 0. The van der Waals surface area contributed by atoms with E-state index in [4.69, 9.17) is 23.2 Å². The molecular formula is C11H13Cl2N3O2. The summed E-state index contributed by atoms with van der Waals surface area (Å²) in [5, 5.41) is 5.14. The van der Waals surface area contributed by atoms with Gasteiger partial charge in [0, 0.05) is 24.8 Å². The first-order chi connectivity index (χ1) is 8.69. The molecule has 1 heterocycles. The Bertz CT molecular complexity index is 391. The van der Waals surface area contributed by atoms with E-state index in [1.165, 1.54) is 12.1 Å². The van der Waals surface area contributed by atoms with Gasteiger partial charge in [0.15, 0.2) is 0 Å². The number of amides is 2. The molecule has 0 bridgehead atoms. The van der Waals surface area contributed by atoms with E-state index < -0.39 is 0 Å². The van der Waals surface area contributed by atoms with Crippen molar-refractivity contribution in [1.29, 1.82) is 0 Å². The van der Waals surface area contributed by atoms with Gasteiger partial charge in [-0.05, 0) is 12.1 Å². The van der Waals surface area contributed by atoms with Crippen molar-refractivity contribution in [3.63, 3.8) is 0 Å². The van der Waals surface area contributed by atoms with Crippen molar-refractivity contribution < 1.29 is 9.59 Å². The molecule has 0 atom stereocenters. The largest absolute Gasteiger partial charge is 0.350 e. The number of halogens is 2. The molecule has 1 rings (SSSR count). The van der Waals surface area contributed by atoms with Crippen molar-refractivity contribution in [1.82, 2.24) is 15.6 Å². The second-order valence-corrected chi connectivity index (χ2v) is 4.05. The lowest BCUT2D eigenvalue weighted by Crippen LogP contribution is -2.29. The number of nitrogens with zero attached hydrogens (tertiary/aromatic N) is 1. The van der Waals surface area contributed by atoms with Crippen molar-refractivity contribution in [3.05, 3.63) is 29.6 Å². The first kappa shape index (κ1) is 14.7. The van der Waals surface area contributed by atoms with E-state index in [2.05, 4.69) is 15.6 Å². The van der Waals surface area contributed by atoms with E-state index in [1.807, 2.05) is 0 Å². The average molecular weight is 290 g/mol. The van der Waals surface area contributed by atoms with Gasteiger partial charge in [-0.15, -0.1) is 23.2 Å². The van der Waals surface area contributed by atoms with E-state index >= 15 is 0 Å². The van der Waals surface area contributed by atoms with Gasteiger partial charge in [-0.3, -0.25) is 9.59 Å². The second kappa shape index (κ2) is 7.89. The molecule has 2 N–H and O–H groups in total. The van der Waals surface area contributed by atoms with Crippen LogP contribution in [0.3, 0.4) is 0 Å². The van der Waals surface area contributed by atoms with E-state index in [1.54, 1.807) is 6.07 Å². The number of nitrogens with one attached hydrogen (secondary N) is 2. The summed E-state index contributed by atoms with van der Waals surface area (Å²) in [5.74, 6) is -0.0752. The molecule has 2 amide bonds. The van der Waals surface area contributed by atoms with Gasteiger partial charge in [0.05, 0.1) is 0 Å². The normalized spacial score (nSPS) is 9.89. The lowest BCUT2D eigenvalue weighted by atomic mass is 10.2. The SMILES string of the molecule is O=C(NCCCl)c1cccc(C(=O)NCCCl)n1. The number of aromatic nitrogens is 1. The van der Waals surface area contributed by atoms with Gasteiger partial charge in [0.25, 0.3) is 11.8 Å². The van der Waals surface area contributed by atoms with Crippen LogP contribution in [0.15, 0.2) is 18.2 Å². The van der Waals surface area contributed by atoms with Gasteiger partial charge in [-0.25, -0.2) is 4.98 Å². The van der Waals surface area contributed by atoms with Crippen LogP contribution < -0.4 is 10.6 Å². The Labute approximate surface area is 115 Å². The van der Waals surface area contributed by atoms with E-state index in [0.29, 0.717) is 24.8 Å². The average Bonchev–Trinajstić information content (AvgIpc) is 2.42. The number of pyridine rings is 1. The van der Waals surface area contributed by atoms with E-state index in [0.717, 1.165) is 0 Å². The predicted octanol–water partition coefficient (Wildman–Crippen LogP) is 1.02. The molecule has 0 spiro atoms. The molecule has 5 nitrogen and oxygen atoms in total. The van der Waals surface area contributed by atoms with Crippen molar-refractivity contribution in [2.24, 2.45) is 0 Å². The summed E-state index contributed by atoms with van der Waals surface area (Å²) in [6.07, 6.45) is 0. The van der Waals surface area contributed by atoms with Crippen molar-refractivity contribution >= 4 is 35.0 Å².